The molecule has 1 aromatic carbocycles. The molecule has 0 unspecified atom stereocenters. The second-order valence-electron chi connectivity index (χ2n) is 3.05. The number of nitrogens with two attached hydrogens (primary N) is 2. The molecule has 1 aromatic rings. The highest BCUT2D eigenvalue weighted by Gasteiger charge is 2.07. The minimum Gasteiger partial charge on any atom is -0.503 e. The number of hydrogen-bond donors (Lipinski definition) is 3. The Morgan fingerprint density at radius 1 is 1.53 bits per heavy atom. The lowest BCUT2D eigenvalue weighted by Gasteiger charge is -2.07. The van der Waals surface area contributed by atoms with Gasteiger partial charge >= 0.3 is 0 Å². The quantitative estimate of drug-likeness (QED) is 0.441. The average molecular weight is 301 g/mol. The van der Waals surface area contributed by atoms with Crippen LogP contribution in [0.5, 0.6) is 11.5 Å². The predicted molar refractivity (Wildman–Crippen MR) is 70.4 cm³/mol. The first-order valence-electron chi connectivity index (χ1n) is 4.82. The summed E-state index contributed by atoms with van der Waals surface area (Å²) in [5, 5.41) is 16.8. The Bertz CT molecular complexity index is 456. The topological polar surface area (TPSA) is 106 Å². The van der Waals surface area contributed by atoms with Gasteiger partial charge in [-0.25, -0.2) is 0 Å². The van der Waals surface area contributed by atoms with Crippen LogP contribution in [0.25, 0.3) is 0 Å². The van der Waals surface area contributed by atoms with Crippen LogP contribution >= 0.6 is 15.9 Å². The van der Waals surface area contributed by atoms with Gasteiger partial charge in [0.2, 0.25) is 5.96 Å². The van der Waals surface area contributed by atoms with Crippen LogP contribution in [0, 0.1) is 0 Å². The molecule has 7 heteroatoms. The van der Waals surface area contributed by atoms with E-state index in [1.165, 1.54) is 6.21 Å². The summed E-state index contributed by atoms with van der Waals surface area (Å²) in [7, 11) is 0. The Morgan fingerprint density at radius 3 is 2.82 bits per heavy atom. The molecule has 0 saturated carbocycles. The fourth-order valence-corrected chi connectivity index (χ4v) is 1.56. The first-order valence-corrected chi connectivity index (χ1v) is 5.61. The molecule has 0 spiro atoms. The normalized spacial score (nSPS) is 10.5. The zero-order valence-electron chi connectivity index (χ0n) is 9.22. The minimum atomic E-state index is -0.121. The molecular weight excluding hydrogens is 288 g/mol. The third-order valence-electron chi connectivity index (χ3n) is 1.73. The lowest BCUT2D eigenvalue weighted by atomic mass is 10.2. The van der Waals surface area contributed by atoms with E-state index in [2.05, 4.69) is 26.1 Å². The van der Waals surface area contributed by atoms with E-state index in [9.17, 15) is 5.11 Å². The second kappa shape index (κ2) is 6.09. The van der Waals surface area contributed by atoms with Crippen molar-refractivity contribution in [1.29, 1.82) is 0 Å². The fraction of sp³-hybridized carbons (Fsp3) is 0.200. The smallest absolute Gasteiger partial charge is 0.211 e. The third kappa shape index (κ3) is 3.95. The van der Waals surface area contributed by atoms with Crippen LogP contribution in [0.4, 0.5) is 0 Å². The van der Waals surface area contributed by atoms with Gasteiger partial charge < -0.3 is 21.3 Å². The second-order valence-corrected chi connectivity index (χ2v) is 3.91. The van der Waals surface area contributed by atoms with Gasteiger partial charge in [0.05, 0.1) is 17.3 Å². The molecule has 5 N–H and O–H groups in total. The van der Waals surface area contributed by atoms with Crippen molar-refractivity contribution < 1.29 is 9.84 Å². The molecule has 17 heavy (non-hydrogen) atoms. The van der Waals surface area contributed by atoms with Gasteiger partial charge in [-0.15, -0.1) is 5.10 Å². The molecule has 0 fully saturated rings. The van der Waals surface area contributed by atoms with Crippen molar-refractivity contribution in [2.45, 2.75) is 6.92 Å². The molecule has 0 aliphatic rings. The van der Waals surface area contributed by atoms with Crippen LogP contribution < -0.4 is 16.2 Å². The molecule has 0 radical (unpaired) electrons. The van der Waals surface area contributed by atoms with E-state index in [1.54, 1.807) is 12.1 Å². The summed E-state index contributed by atoms with van der Waals surface area (Å²) < 4.78 is 5.77. The average Bonchev–Trinajstić information content (AvgIpc) is 2.25. The first kappa shape index (κ1) is 13.3. The number of benzene rings is 1. The number of halogens is 1. The Morgan fingerprint density at radius 2 is 2.24 bits per heavy atom. The van der Waals surface area contributed by atoms with Gasteiger partial charge in [-0.3, -0.25) is 0 Å². The Balaban J connectivity index is 3.02. The number of ether oxygens (including phenoxy) is 1. The standard InChI is InChI=1S/C10H13BrN4O2/c1-2-17-8-4-6(3-7(11)9(8)16)5-14-15-10(12)13/h3-5,16H,2H2,1H3,(H4,12,13,15)/b14-5+. The number of phenolic OH excluding ortho intramolecular Hbond substituents is 1. The highest BCUT2D eigenvalue weighted by atomic mass is 79.9. The number of nitrogens with zero attached hydrogens (tertiary/aromatic N) is 2. The molecule has 0 aromatic heterocycles. The van der Waals surface area contributed by atoms with Gasteiger partial charge in [-0.2, -0.15) is 5.10 Å². The maximum Gasteiger partial charge on any atom is 0.211 e. The highest BCUT2D eigenvalue weighted by Crippen LogP contribution is 2.34. The van der Waals surface area contributed by atoms with Crippen LogP contribution in [-0.4, -0.2) is 23.9 Å². The summed E-state index contributed by atoms with van der Waals surface area (Å²) in [6.45, 7) is 2.28. The van der Waals surface area contributed by atoms with Crippen molar-refractivity contribution >= 4 is 28.1 Å². The lowest BCUT2D eigenvalue weighted by Crippen LogP contribution is -2.21. The van der Waals surface area contributed by atoms with Crippen LogP contribution in [0.15, 0.2) is 26.8 Å². The van der Waals surface area contributed by atoms with E-state index in [0.717, 1.165) is 0 Å². The van der Waals surface area contributed by atoms with Gasteiger partial charge in [0.15, 0.2) is 11.5 Å². The number of phenols is 1. The van der Waals surface area contributed by atoms with Crippen LogP contribution in [0.3, 0.4) is 0 Å². The number of aromatic hydroxyl groups is 1. The number of guanidine groups is 1. The molecule has 6 nitrogen and oxygen atoms in total. The summed E-state index contributed by atoms with van der Waals surface area (Å²) in [6, 6.07) is 3.30. The van der Waals surface area contributed by atoms with E-state index in [1.807, 2.05) is 6.92 Å². The van der Waals surface area contributed by atoms with E-state index >= 15 is 0 Å². The molecule has 0 saturated heterocycles. The number of rotatable bonds is 4. The van der Waals surface area contributed by atoms with Gasteiger partial charge in [0.25, 0.3) is 0 Å². The van der Waals surface area contributed by atoms with Crippen molar-refractivity contribution in [2.75, 3.05) is 6.61 Å². The highest BCUT2D eigenvalue weighted by molar-refractivity contribution is 9.10. The first-order chi connectivity index (χ1) is 8.04. The van der Waals surface area contributed by atoms with E-state index in [-0.39, 0.29) is 11.7 Å². The van der Waals surface area contributed by atoms with Crippen molar-refractivity contribution in [3.63, 3.8) is 0 Å². The summed E-state index contributed by atoms with van der Waals surface area (Å²) in [4.78, 5) is 0. The summed E-state index contributed by atoms with van der Waals surface area (Å²) in [5.74, 6) is 0.294. The molecule has 0 atom stereocenters. The van der Waals surface area contributed by atoms with Gasteiger partial charge in [0.1, 0.15) is 0 Å². The molecule has 0 bridgehead atoms. The largest absolute Gasteiger partial charge is 0.503 e. The summed E-state index contributed by atoms with van der Waals surface area (Å²) in [5.41, 5.74) is 11.0. The monoisotopic (exact) mass is 300 g/mol. The van der Waals surface area contributed by atoms with Crippen molar-refractivity contribution in [3.8, 4) is 11.5 Å². The molecule has 0 aliphatic carbocycles. The van der Waals surface area contributed by atoms with Crippen molar-refractivity contribution in [1.82, 2.24) is 0 Å². The van der Waals surface area contributed by atoms with E-state index in [4.69, 9.17) is 16.2 Å². The molecule has 92 valence electrons. The third-order valence-corrected chi connectivity index (χ3v) is 2.34. The molecule has 0 amide bonds. The molecule has 0 heterocycles. The van der Waals surface area contributed by atoms with Crippen molar-refractivity contribution in [2.24, 2.45) is 21.7 Å². The summed E-state index contributed by atoms with van der Waals surface area (Å²) in [6.07, 6.45) is 1.45. The van der Waals surface area contributed by atoms with Crippen LogP contribution in [0.2, 0.25) is 0 Å². The zero-order valence-corrected chi connectivity index (χ0v) is 10.8. The Kier molecular flexibility index (Phi) is 4.77. The predicted octanol–water partition coefficient (Wildman–Crippen LogP) is 1.16. The maximum atomic E-state index is 9.68. The van der Waals surface area contributed by atoms with Gasteiger partial charge in [-0.1, -0.05) is 0 Å². The van der Waals surface area contributed by atoms with E-state index in [0.29, 0.717) is 22.4 Å². The zero-order chi connectivity index (χ0) is 12.8. The minimum absolute atomic E-state index is 0.0471. The SMILES string of the molecule is CCOc1cc(/C=N/N=C(N)N)cc(Br)c1O. The maximum absolute atomic E-state index is 9.68. The number of hydrogen-bond acceptors (Lipinski definition) is 4. The fourth-order valence-electron chi connectivity index (χ4n) is 1.10. The van der Waals surface area contributed by atoms with Crippen molar-refractivity contribution in [3.05, 3.63) is 22.2 Å². The van der Waals surface area contributed by atoms with Gasteiger partial charge in [-0.05, 0) is 40.5 Å². The molecular formula is C10H13BrN4O2. The van der Waals surface area contributed by atoms with Gasteiger partial charge in [0, 0.05) is 0 Å². The molecule has 1 rings (SSSR count). The Hall–Kier alpha value is -1.76. The lowest BCUT2D eigenvalue weighted by molar-refractivity contribution is 0.317. The van der Waals surface area contributed by atoms with Crippen LogP contribution in [-0.2, 0) is 0 Å². The van der Waals surface area contributed by atoms with E-state index < -0.39 is 0 Å². The van der Waals surface area contributed by atoms with Crippen LogP contribution in [0.1, 0.15) is 12.5 Å². The summed E-state index contributed by atoms with van der Waals surface area (Å²) >= 11 is 3.21. The molecule has 0 aliphatic heterocycles. The Labute approximate surface area is 107 Å².